The lowest BCUT2D eigenvalue weighted by atomic mass is 10.1. The van der Waals surface area contributed by atoms with E-state index in [1.807, 2.05) is 9.80 Å². The van der Waals surface area contributed by atoms with Gasteiger partial charge in [-0.2, -0.15) is 33.2 Å². The van der Waals surface area contributed by atoms with Crippen LogP contribution >= 0.6 is 0 Å². The number of alkyl halides is 3. The molecule has 2 fully saturated rings. The normalized spacial score (nSPS) is 18.3. The van der Waals surface area contributed by atoms with E-state index >= 15 is 0 Å². The topological polar surface area (TPSA) is 106 Å². The highest BCUT2D eigenvalue weighted by Gasteiger charge is 2.37. The molecule has 0 radical (unpaired) electrons. The summed E-state index contributed by atoms with van der Waals surface area (Å²) in [5.41, 5.74) is -2.00. The van der Waals surface area contributed by atoms with Crippen molar-refractivity contribution in [2.75, 3.05) is 55.6 Å². The number of rotatable bonds is 7. The molecular formula is C27H32F3N9O. The fourth-order valence-electron chi connectivity index (χ4n) is 5.60. The molecule has 40 heavy (non-hydrogen) atoms. The quantitative estimate of drug-likeness (QED) is 0.471. The zero-order chi connectivity index (χ0) is 28.6. The summed E-state index contributed by atoms with van der Waals surface area (Å²) in [4.78, 5) is 29.6. The second-order valence-electron chi connectivity index (χ2n) is 10.2. The Balaban J connectivity index is 1.64. The fraction of sp³-hybridized carbons (Fsp3) is 0.519. The number of aryl methyl sites for hydroxylation is 1. The van der Waals surface area contributed by atoms with Crippen LogP contribution in [0.15, 0.2) is 29.2 Å². The maximum absolute atomic E-state index is 14.0. The number of anilines is 2. The maximum Gasteiger partial charge on any atom is 0.418 e. The van der Waals surface area contributed by atoms with Gasteiger partial charge in [0.2, 0.25) is 5.95 Å². The number of halogens is 3. The molecule has 2 aliphatic rings. The molecule has 5 rings (SSSR count). The summed E-state index contributed by atoms with van der Waals surface area (Å²) >= 11 is 0. The molecule has 3 aromatic rings. The number of likely N-dealkylation sites (N-methyl/N-ethyl adjacent to an activating group) is 1. The van der Waals surface area contributed by atoms with Gasteiger partial charge in [0.05, 0.1) is 35.3 Å². The second-order valence-corrected chi connectivity index (χ2v) is 10.2. The van der Waals surface area contributed by atoms with Crippen molar-refractivity contribution in [1.82, 2.24) is 30.0 Å². The summed E-state index contributed by atoms with van der Waals surface area (Å²) in [6, 6.07) is 6.50. The van der Waals surface area contributed by atoms with E-state index in [0.717, 1.165) is 17.8 Å². The van der Waals surface area contributed by atoms with Crippen LogP contribution in [-0.4, -0.2) is 82.5 Å². The lowest BCUT2D eigenvalue weighted by molar-refractivity contribution is -0.138. The third-order valence-corrected chi connectivity index (χ3v) is 7.74. The monoisotopic (exact) mass is 555 g/mol. The molecule has 0 spiro atoms. The number of benzene rings is 1. The van der Waals surface area contributed by atoms with Crippen molar-refractivity contribution >= 4 is 22.7 Å². The molecule has 0 bridgehead atoms. The van der Waals surface area contributed by atoms with Crippen LogP contribution in [0.2, 0.25) is 0 Å². The van der Waals surface area contributed by atoms with Crippen molar-refractivity contribution in [3.8, 4) is 11.8 Å². The minimum atomic E-state index is -4.67. The Morgan fingerprint density at radius 2 is 1.90 bits per heavy atom. The van der Waals surface area contributed by atoms with Gasteiger partial charge in [-0.15, -0.1) is 0 Å². The molecule has 10 nitrogen and oxygen atoms in total. The first-order chi connectivity index (χ1) is 19.2. The largest absolute Gasteiger partial charge is 0.418 e. The number of piperazine rings is 1. The summed E-state index contributed by atoms with van der Waals surface area (Å²) in [7, 11) is 0. The van der Waals surface area contributed by atoms with Crippen molar-refractivity contribution < 1.29 is 13.2 Å². The molecule has 1 unspecified atom stereocenters. The van der Waals surface area contributed by atoms with Gasteiger partial charge in [-0.3, -0.25) is 9.69 Å². The number of aromatic nitrogens is 4. The highest BCUT2D eigenvalue weighted by Crippen LogP contribution is 2.36. The summed E-state index contributed by atoms with van der Waals surface area (Å²) in [6.07, 6.45) is -3.00. The van der Waals surface area contributed by atoms with E-state index in [4.69, 9.17) is 4.98 Å². The van der Waals surface area contributed by atoms with Gasteiger partial charge in [0.25, 0.3) is 5.56 Å². The van der Waals surface area contributed by atoms with E-state index in [2.05, 4.69) is 40.2 Å². The Morgan fingerprint density at radius 3 is 2.58 bits per heavy atom. The van der Waals surface area contributed by atoms with Crippen LogP contribution in [0.4, 0.5) is 24.9 Å². The Kier molecular flexibility index (Phi) is 7.65. The number of nitriles is 1. The van der Waals surface area contributed by atoms with Crippen LogP contribution in [0.1, 0.15) is 31.4 Å². The predicted molar refractivity (Wildman–Crippen MR) is 146 cm³/mol. The van der Waals surface area contributed by atoms with Gasteiger partial charge in [0.1, 0.15) is 11.3 Å². The van der Waals surface area contributed by atoms with Crippen molar-refractivity contribution in [3.63, 3.8) is 0 Å². The summed E-state index contributed by atoms with van der Waals surface area (Å²) in [5.74, 6) is 0.851. The molecule has 212 valence electrons. The van der Waals surface area contributed by atoms with E-state index in [0.29, 0.717) is 62.3 Å². The van der Waals surface area contributed by atoms with Crippen LogP contribution in [0.5, 0.6) is 0 Å². The number of nitrogens with one attached hydrogen (secondary N) is 1. The summed E-state index contributed by atoms with van der Waals surface area (Å²) in [5, 5.41) is 17.1. The van der Waals surface area contributed by atoms with Gasteiger partial charge >= 0.3 is 6.18 Å². The molecule has 0 aliphatic carbocycles. The molecule has 13 heteroatoms. The molecule has 2 saturated heterocycles. The molecule has 2 aromatic heterocycles. The SMILES string of the molecule is CCN(CC)C1CN(c2nc(N3CCNC(CC#N)C3)c3cnn(-c4cccc(C)c4C(F)(F)F)c(=O)c3n2)C1. The number of nitrogens with zero attached hydrogens (tertiary/aromatic N) is 8. The van der Waals surface area contributed by atoms with Crippen molar-refractivity contribution in [1.29, 1.82) is 5.26 Å². The molecule has 1 aromatic carbocycles. The van der Waals surface area contributed by atoms with Gasteiger partial charge in [-0.25, -0.2) is 4.98 Å². The third kappa shape index (κ3) is 5.09. The first kappa shape index (κ1) is 27.8. The van der Waals surface area contributed by atoms with E-state index in [1.165, 1.54) is 31.3 Å². The van der Waals surface area contributed by atoms with Crippen molar-refractivity contribution in [3.05, 3.63) is 45.9 Å². The average Bonchev–Trinajstić information content (AvgIpc) is 2.90. The molecular weight excluding hydrogens is 523 g/mol. The highest BCUT2D eigenvalue weighted by atomic mass is 19.4. The zero-order valence-corrected chi connectivity index (χ0v) is 22.7. The number of hydrogen-bond acceptors (Lipinski definition) is 9. The fourth-order valence-corrected chi connectivity index (χ4v) is 5.60. The van der Waals surface area contributed by atoms with E-state index in [9.17, 15) is 23.2 Å². The molecule has 2 aliphatic heterocycles. The van der Waals surface area contributed by atoms with Crippen LogP contribution < -0.4 is 20.7 Å². The van der Waals surface area contributed by atoms with Crippen LogP contribution in [0, 0.1) is 18.3 Å². The van der Waals surface area contributed by atoms with Crippen LogP contribution in [-0.2, 0) is 6.18 Å². The van der Waals surface area contributed by atoms with Crippen LogP contribution in [0.3, 0.4) is 0 Å². The first-order valence-corrected chi connectivity index (χ1v) is 13.5. The average molecular weight is 556 g/mol. The van der Waals surface area contributed by atoms with E-state index in [-0.39, 0.29) is 22.8 Å². The van der Waals surface area contributed by atoms with Gasteiger partial charge in [0.15, 0.2) is 0 Å². The maximum atomic E-state index is 14.0. The van der Waals surface area contributed by atoms with E-state index in [1.54, 1.807) is 0 Å². The molecule has 0 saturated carbocycles. The Labute approximate surface area is 230 Å². The standard InChI is InChI=1S/C27H32F3N9O/c1-4-36(5-2)19-15-38(16-19)26-34-23-20(24(35-26)37-12-11-32-18(14-37)9-10-31)13-33-39(25(23)40)21-8-6-7-17(3)22(21)27(28,29)30/h6-8,13,18-19,32H,4-5,9,11-12,14-16H2,1-3H3. The summed E-state index contributed by atoms with van der Waals surface area (Å²) < 4.78 is 42.8. The van der Waals surface area contributed by atoms with Gasteiger partial charge in [-0.05, 0) is 31.6 Å². The Hall–Kier alpha value is -3.76. The highest BCUT2D eigenvalue weighted by molar-refractivity contribution is 5.89. The lowest BCUT2D eigenvalue weighted by Crippen LogP contribution is -2.60. The van der Waals surface area contributed by atoms with Gasteiger partial charge in [-0.1, -0.05) is 26.0 Å². The second kappa shape index (κ2) is 11.0. The molecule has 4 heterocycles. The zero-order valence-electron chi connectivity index (χ0n) is 22.7. The van der Waals surface area contributed by atoms with Crippen molar-refractivity contribution in [2.24, 2.45) is 0 Å². The number of hydrogen-bond donors (Lipinski definition) is 1. The Bertz CT molecular complexity index is 1490. The molecule has 1 atom stereocenters. The minimum Gasteiger partial charge on any atom is -0.353 e. The van der Waals surface area contributed by atoms with Gasteiger partial charge < -0.3 is 15.1 Å². The van der Waals surface area contributed by atoms with Crippen molar-refractivity contribution in [2.45, 2.75) is 45.5 Å². The number of fused-ring (bicyclic) bond motifs is 1. The van der Waals surface area contributed by atoms with Crippen LogP contribution in [0.25, 0.3) is 16.6 Å². The third-order valence-electron chi connectivity index (χ3n) is 7.74. The first-order valence-electron chi connectivity index (χ1n) is 13.5. The molecule has 0 amide bonds. The predicted octanol–water partition coefficient (Wildman–Crippen LogP) is 2.73. The lowest BCUT2D eigenvalue weighted by Gasteiger charge is -2.45. The van der Waals surface area contributed by atoms with E-state index < -0.39 is 17.3 Å². The minimum absolute atomic E-state index is 0.00441. The molecule has 1 N–H and O–H groups in total. The van der Waals surface area contributed by atoms with Gasteiger partial charge in [0, 0.05) is 44.8 Å². The smallest absolute Gasteiger partial charge is 0.353 e. The summed E-state index contributed by atoms with van der Waals surface area (Å²) in [6.45, 7) is 10.4. The Morgan fingerprint density at radius 1 is 1.15 bits per heavy atom.